The quantitative estimate of drug-likeness (QED) is 0.853. The average molecular weight is 340 g/mol. The molecule has 2 fully saturated rings. The van der Waals surface area contributed by atoms with Crippen LogP contribution in [-0.4, -0.2) is 36.2 Å². The largest absolute Gasteiger partial charge is 0.497 e. The average Bonchev–Trinajstić information content (AvgIpc) is 3.30. The number of aromatic nitrogens is 1. The minimum Gasteiger partial charge on any atom is -0.497 e. The molecule has 1 aliphatic heterocycles. The molecule has 5 nitrogen and oxygen atoms in total. The van der Waals surface area contributed by atoms with E-state index >= 15 is 0 Å². The summed E-state index contributed by atoms with van der Waals surface area (Å²) in [5.41, 5.74) is 1.22. The Balaban J connectivity index is 1.57. The number of methoxy groups -OCH3 is 1. The van der Waals surface area contributed by atoms with Gasteiger partial charge in [0.25, 0.3) is 0 Å². The van der Waals surface area contributed by atoms with Gasteiger partial charge < -0.3 is 14.2 Å². The molecule has 1 saturated carbocycles. The molecule has 4 rings (SSSR count). The molecule has 1 atom stereocenters. The second kappa shape index (κ2) is 6.21. The Bertz CT molecular complexity index is 779. The number of likely N-dealkylation sites (tertiary alicyclic amines) is 1. The Morgan fingerprint density at radius 2 is 2.20 bits per heavy atom. The van der Waals surface area contributed by atoms with Crippen LogP contribution in [0.5, 0.6) is 5.75 Å². The SMILES string of the molecule is COc1cccc(-c2cc(C3(C(=O)N4CCCC(C)C4)CC3)no2)c1. The van der Waals surface area contributed by atoms with Crippen LogP contribution >= 0.6 is 0 Å². The van der Waals surface area contributed by atoms with Crippen molar-refractivity contribution in [1.82, 2.24) is 10.1 Å². The molecule has 2 aromatic rings. The summed E-state index contributed by atoms with van der Waals surface area (Å²) in [6.45, 7) is 3.95. The molecule has 2 aliphatic rings. The highest BCUT2D eigenvalue weighted by atomic mass is 16.5. The third kappa shape index (κ3) is 2.92. The number of ether oxygens (including phenoxy) is 1. The Morgan fingerprint density at radius 1 is 1.36 bits per heavy atom. The van der Waals surface area contributed by atoms with Crippen LogP contribution in [-0.2, 0) is 10.2 Å². The van der Waals surface area contributed by atoms with E-state index in [1.165, 1.54) is 6.42 Å². The highest BCUT2D eigenvalue weighted by Crippen LogP contribution is 2.50. The third-order valence-electron chi connectivity index (χ3n) is 5.46. The van der Waals surface area contributed by atoms with E-state index in [1.807, 2.05) is 35.2 Å². The van der Waals surface area contributed by atoms with Crippen LogP contribution in [0.1, 0.15) is 38.3 Å². The zero-order valence-corrected chi connectivity index (χ0v) is 14.8. The third-order valence-corrected chi connectivity index (χ3v) is 5.46. The summed E-state index contributed by atoms with van der Waals surface area (Å²) in [5.74, 6) is 2.26. The molecule has 0 bridgehead atoms. The number of hydrogen-bond donors (Lipinski definition) is 0. The number of hydrogen-bond acceptors (Lipinski definition) is 4. The van der Waals surface area contributed by atoms with E-state index in [4.69, 9.17) is 9.26 Å². The number of carbonyl (C=O) groups excluding carboxylic acids is 1. The lowest BCUT2D eigenvalue weighted by Crippen LogP contribution is -2.44. The van der Waals surface area contributed by atoms with E-state index in [9.17, 15) is 4.79 Å². The van der Waals surface area contributed by atoms with E-state index in [2.05, 4.69) is 12.1 Å². The zero-order chi connectivity index (χ0) is 17.4. The lowest BCUT2D eigenvalue weighted by molar-refractivity contribution is -0.135. The van der Waals surface area contributed by atoms with Gasteiger partial charge in [0.2, 0.25) is 5.91 Å². The number of piperidine rings is 1. The summed E-state index contributed by atoms with van der Waals surface area (Å²) in [7, 11) is 1.64. The molecule has 0 radical (unpaired) electrons. The summed E-state index contributed by atoms with van der Waals surface area (Å²) in [6.07, 6.45) is 4.03. The van der Waals surface area contributed by atoms with Gasteiger partial charge in [0.15, 0.2) is 5.76 Å². The Hall–Kier alpha value is -2.30. The second-order valence-electron chi connectivity index (χ2n) is 7.39. The van der Waals surface area contributed by atoms with Gasteiger partial charge in [-0.2, -0.15) is 0 Å². The molecule has 1 aromatic carbocycles. The van der Waals surface area contributed by atoms with E-state index in [1.54, 1.807) is 7.11 Å². The first kappa shape index (κ1) is 16.2. The molecule has 0 N–H and O–H groups in total. The molecular formula is C20H24N2O3. The molecule has 132 valence electrons. The summed E-state index contributed by atoms with van der Waals surface area (Å²) in [5, 5.41) is 4.25. The van der Waals surface area contributed by atoms with Gasteiger partial charge in [-0.1, -0.05) is 24.2 Å². The molecule has 0 spiro atoms. The maximum atomic E-state index is 13.1. The number of benzene rings is 1. The topological polar surface area (TPSA) is 55.6 Å². The van der Waals surface area contributed by atoms with Crippen molar-refractivity contribution in [2.75, 3.05) is 20.2 Å². The van der Waals surface area contributed by atoms with Crippen molar-refractivity contribution >= 4 is 5.91 Å². The van der Waals surface area contributed by atoms with E-state index in [0.29, 0.717) is 11.7 Å². The van der Waals surface area contributed by atoms with E-state index in [0.717, 1.165) is 49.4 Å². The van der Waals surface area contributed by atoms with Crippen LogP contribution in [0, 0.1) is 5.92 Å². The molecule has 25 heavy (non-hydrogen) atoms. The molecule has 5 heteroatoms. The predicted octanol–water partition coefficient (Wildman–Crippen LogP) is 3.64. The fourth-order valence-corrected chi connectivity index (χ4v) is 3.79. The summed E-state index contributed by atoms with van der Waals surface area (Å²) in [4.78, 5) is 15.1. The highest BCUT2D eigenvalue weighted by Gasteiger charge is 2.55. The van der Waals surface area contributed by atoms with Gasteiger partial charge in [0, 0.05) is 24.7 Å². The maximum absolute atomic E-state index is 13.1. The second-order valence-corrected chi connectivity index (χ2v) is 7.39. The molecular weight excluding hydrogens is 316 g/mol. The van der Waals surface area contributed by atoms with Crippen LogP contribution < -0.4 is 4.74 Å². The molecule has 1 aliphatic carbocycles. The zero-order valence-electron chi connectivity index (χ0n) is 14.8. The Morgan fingerprint density at radius 3 is 2.92 bits per heavy atom. The van der Waals surface area contributed by atoms with Crippen molar-refractivity contribution in [3.63, 3.8) is 0 Å². The standard InChI is InChI=1S/C20H24N2O3/c1-14-5-4-10-22(13-14)19(23)20(8-9-20)18-12-17(25-21-18)15-6-3-7-16(11-15)24-2/h3,6-7,11-12,14H,4-5,8-10,13H2,1-2H3. The fraction of sp³-hybridized carbons (Fsp3) is 0.500. The fourth-order valence-electron chi connectivity index (χ4n) is 3.79. The Labute approximate surface area is 147 Å². The van der Waals surface area contributed by atoms with Gasteiger partial charge in [0.05, 0.1) is 18.2 Å². The molecule has 1 unspecified atom stereocenters. The lowest BCUT2D eigenvalue weighted by atomic mass is 9.95. The number of rotatable bonds is 4. The lowest BCUT2D eigenvalue weighted by Gasteiger charge is -2.33. The molecule has 1 aromatic heterocycles. The van der Waals surface area contributed by atoms with Crippen LogP contribution in [0.25, 0.3) is 11.3 Å². The van der Waals surface area contributed by atoms with Gasteiger partial charge in [-0.25, -0.2) is 0 Å². The molecule has 1 amide bonds. The predicted molar refractivity (Wildman–Crippen MR) is 94.4 cm³/mol. The van der Waals surface area contributed by atoms with Gasteiger partial charge in [-0.05, 0) is 43.7 Å². The summed E-state index contributed by atoms with van der Waals surface area (Å²) < 4.78 is 10.8. The number of amides is 1. The minimum absolute atomic E-state index is 0.226. The van der Waals surface area contributed by atoms with Crippen molar-refractivity contribution in [3.05, 3.63) is 36.0 Å². The van der Waals surface area contributed by atoms with Crippen LogP contribution in [0.2, 0.25) is 0 Å². The van der Waals surface area contributed by atoms with Crippen molar-refractivity contribution in [2.45, 2.75) is 38.0 Å². The Kier molecular flexibility index (Phi) is 4.02. The van der Waals surface area contributed by atoms with Crippen LogP contribution in [0.4, 0.5) is 0 Å². The first-order valence-electron chi connectivity index (χ1n) is 9.03. The van der Waals surface area contributed by atoms with Crippen LogP contribution in [0.15, 0.2) is 34.9 Å². The van der Waals surface area contributed by atoms with Gasteiger partial charge >= 0.3 is 0 Å². The molecule has 1 saturated heterocycles. The van der Waals surface area contributed by atoms with Gasteiger partial charge in [0.1, 0.15) is 5.75 Å². The smallest absolute Gasteiger partial charge is 0.234 e. The first-order valence-corrected chi connectivity index (χ1v) is 9.03. The summed E-state index contributed by atoms with van der Waals surface area (Å²) >= 11 is 0. The normalized spacial score (nSPS) is 21.8. The highest BCUT2D eigenvalue weighted by molar-refractivity contribution is 5.91. The molecule has 2 heterocycles. The van der Waals surface area contributed by atoms with E-state index in [-0.39, 0.29) is 5.91 Å². The maximum Gasteiger partial charge on any atom is 0.234 e. The van der Waals surface area contributed by atoms with Gasteiger partial charge in [-0.3, -0.25) is 4.79 Å². The number of carbonyl (C=O) groups is 1. The van der Waals surface area contributed by atoms with Crippen molar-refractivity contribution in [2.24, 2.45) is 5.92 Å². The van der Waals surface area contributed by atoms with Crippen molar-refractivity contribution < 1.29 is 14.1 Å². The summed E-state index contributed by atoms with van der Waals surface area (Å²) in [6, 6.07) is 9.61. The van der Waals surface area contributed by atoms with Crippen molar-refractivity contribution in [1.29, 1.82) is 0 Å². The first-order chi connectivity index (χ1) is 12.1. The minimum atomic E-state index is -0.461. The van der Waals surface area contributed by atoms with Crippen LogP contribution in [0.3, 0.4) is 0 Å². The van der Waals surface area contributed by atoms with E-state index < -0.39 is 5.41 Å². The van der Waals surface area contributed by atoms with Crippen molar-refractivity contribution in [3.8, 4) is 17.1 Å². The monoisotopic (exact) mass is 340 g/mol. The number of nitrogens with zero attached hydrogens (tertiary/aromatic N) is 2. The van der Waals surface area contributed by atoms with Gasteiger partial charge in [-0.15, -0.1) is 0 Å².